The van der Waals surface area contributed by atoms with Gasteiger partial charge in [0.05, 0.1) is 20.9 Å². The summed E-state index contributed by atoms with van der Waals surface area (Å²) in [4.78, 5) is 41.9. The number of unbranched alkanes of at least 4 members (excludes halogenated alkanes) is 1. The summed E-state index contributed by atoms with van der Waals surface area (Å²) in [6.07, 6.45) is 1.46. The molecule has 27 heavy (non-hydrogen) atoms. The third-order valence-electron chi connectivity index (χ3n) is 4.87. The van der Waals surface area contributed by atoms with E-state index in [1.807, 2.05) is 17.9 Å². The number of hydrogen-bond acceptors (Lipinski definition) is 5. The van der Waals surface area contributed by atoms with Crippen LogP contribution in [0.3, 0.4) is 0 Å². The van der Waals surface area contributed by atoms with Crippen molar-refractivity contribution in [2.45, 2.75) is 24.0 Å². The molecule has 0 saturated heterocycles. The molecule has 0 spiro atoms. The van der Waals surface area contributed by atoms with Crippen LogP contribution in [0.15, 0.2) is 34.5 Å². The molecule has 3 amide bonds. The van der Waals surface area contributed by atoms with Gasteiger partial charge in [-0.05, 0) is 38.0 Å². The molecule has 0 unspecified atom stereocenters. The molecule has 1 aromatic carbocycles. The van der Waals surface area contributed by atoms with Crippen LogP contribution in [0.25, 0.3) is 0 Å². The van der Waals surface area contributed by atoms with Crippen molar-refractivity contribution in [2.75, 3.05) is 25.4 Å². The van der Waals surface area contributed by atoms with Crippen molar-refractivity contribution in [3.05, 3.63) is 51.9 Å². The first-order valence-electron chi connectivity index (χ1n) is 9.04. The van der Waals surface area contributed by atoms with Gasteiger partial charge in [-0.1, -0.05) is 12.1 Å². The molecule has 0 atom stereocenters. The van der Waals surface area contributed by atoms with Crippen molar-refractivity contribution >= 4 is 40.8 Å². The zero-order chi connectivity index (χ0) is 19.0. The highest BCUT2D eigenvalue weighted by molar-refractivity contribution is 8.01. The van der Waals surface area contributed by atoms with Gasteiger partial charge in [-0.2, -0.15) is 0 Å². The van der Waals surface area contributed by atoms with Gasteiger partial charge in [-0.3, -0.25) is 19.3 Å². The van der Waals surface area contributed by atoms with Gasteiger partial charge in [-0.25, -0.2) is 0 Å². The summed E-state index contributed by atoms with van der Waals surface area (Å²) in [6.45, 7) is 3.80. The van der Waals surface area contributed by atoms with E-state index in [9.17, 15) is 14.4 Å². The van der Waals surface area contributed by atoms with Crippen LogP contribution in [0.2, 0.25) is 0 Å². The summed E-state index contributed by atoms with van der Waals surface area (Å²) < 4.78 is 1.12. The van der Waals surface area contributed by atoms with Crippen LogP contribution in [-0.2, 0) is 0 Å². The molecule has 4 rings (SSSR count). The minimum absolute atomic E-state index is 0.0973. The summed E-state index contributed by atoms with van der Waals surface area (Å²) in [5.74, 6) is 0.574. The lowest BCUT2D eigenvalue weighted by atomic mass is 10.1. The lowest BCUT2D eigenvalue weighted by molar-refractivity contribution is 0.0643. The van der Waals surface area contributed by atoms with E-state index >= 15 is 0 Å². The van der Waals surface area contributed by atoms with Gasteiger partial charge in [0.1, 0.15) is 0 Å². The van der Waals surface area contributed by atoms with Gasteiger partial charge in [-0.15, -0.1) is 23.1 Å². The number of nitrogens with zero attached hydrogens (tertiary/aromatic N) is 2. The van der Waals surface area contributed by atoms with E-state index in [4.69, 9.17) is 0 Å². The van der Waals surface area contributed by atoms with Crippen molar-refractivity contribution in [1.29, 1.82) is 0 Å². The molecule has 3 heterocycles. The molecule has 0 fully saturated rings. The Morgan fingerprint density at radius 1 is 0.926 bits per heavy atom. The maximum Gasteiger partial charge on any atom is 0.261 e. The van der Waals surface area contributed by atoms with Crippen LogP contribution < -0.4 is 0 Å². The minimum Gasteiger partial charge on any atom is -0.338 e. The number of carbonyl (C=O) groups excluding carboxylic acids is 3. The first-order valence-corrected chi connectivity index (χ1v) is 10.8. The number of rotatable bonds is 5. The molecule has 0 N–H and O–H groups in total. The van der Waals surface area contributed by atoms with Gasteiger partial charge in [0.2, 0.25) is 0 Å². The Morgan fingerprint density at radius 2 is 1.59 bits per heavy atom. The Hall–Kier alpha value is -2.12. The largest absolute Gasteiger partial charge is 0.338 e. The second kappa shape index (κ2) is 7.48. The summed E-state index contributed by atoms with van der Waals surface area (Å²) >= 11 is 3.43. The number of benzene rings is 1. The van der Waals surface area contributed by atoms with Crippen molar-refractivity contribution in [2.24, 2.45) is 0 Å². The third-order valence-corrected chi connectivity index (χ3v) is 7.19. The van der Waals surface area contributed by atoms with Crippen LogP contribution >= 0.6 is 23.1 Å². The van der Waals surface area contributed by atoms with Gasteiger partial charge in [0.15, 0.2) is 0 Å². The quantitative estimate of drug-likeness (QED) is 0.567. The third kappa shape index (κ3) is 3.41. The number of thiophene rings is 1. The van der Waals surface area contributed by atoms with Gasteiger partial charge in [0.25, 0.3) is 17.7 Å². The van der Waals surface area contributed by atoms with Gasteiger partial charge in [0, 0.05) is 30.3 Å². The van der Waals surface area contributed by atoms with Crippen LogP contribution in [-0.4, -0.2) is 52.9 Å². The fourth-order valence-electron chi connectivity index (χ4n) is 3.50. The zero-order valence-corrected chi connectivity index (χ0v) is 16.7. The number of amides is 3. The Balaban J connectivity index is 1.33. The van der Waals surface area contributed by atoms with Crippen LogP contribution in [0, 0.1) is 6.92 Å². The average molecular weight is 401 g/mol. The molecule has 1 aromatic heterocycles. The fourth-order valence-corrected chi connectivity index (χ4v) is 5.90. The van der Waals surface area contributed by atoms with E-state index in [1.54, 1.807) is 47.4 Å². The Labute approximate surface area is 166 Å². The summed E-state index contributed by atoms with van der Waals surface area (Å²) in [6, 6.07) is 8.92. The molecule has 2 aliphatic rings. The molecular weight excluding hydrogens is 380 g/mol. The Morgan fingerprint density at radius 3 is 2.30 bits per heavy atom. The van der Waals surface area contributed by atoms with Crippen molar-refractivity contribution in [3.63, 3.8) is 0 Å². The zero-order valence-electron chi connectivity index (χ0n) is 15.1. The van der Waals surface area contributed by atoms with Gasteiger partial charge < -0.3 is 4.90 Å². The minimum atomic E-state index is -0.212. The van der Waals surface area contributed by atoms with E-state index < -0.39 is 0 Å². The predicted molar refractivity (Wildman–Crippen MR) is 107 cm³/mol. The molecule has 0 saturated carbocycles. The van der Waals surface area contributed by atoms with E-state index in [0.29, 0.717) is 30.6 Å². The van der Waals surface area contributed by atoms with E-state index in [2.05, 4.69) is 0 Å². The molecule has 2 aliphatic heterocycles. The standard InChI is InChI=1S/C20H20N2O3S2/c1-13-12-16-17(23)21(10-11-26-20(16)27-13)8-4-5-9-22-18(24)14-6-2-3-7-15(14)19(22)25/h2-3,6-7,12H,4-5,8-11H2,1H3. The molecule has 0 radical (unpaired) electrons. The second-order valence-corrected chi connectivity index (χ2v) is 9.33. The Bertz CT molecular complexity index is 887. The van der Waals surface area contributed by atoms with Gasteiger partial charge >= 0.3 is 0 Å². The van der Waals surface area contributed by atoms with Crippen molar-refractivity contribution in [1.82, 2.24) is 9.80 Å². The summed E-state index contributed by atoms with van der Waals surface area (Å²) in [5, 5.41) is 0. The maximum absolute atomic E-state index is 12.8. The highest BCUT2D eigenvalue weighted by Gasteiger charge is 2.34. The summed E-state index contributed by atoms with van der Waals surface area (Å²) in [7, 11) is 0. The predicted octanol–water partition coefficient (Wildman–Crippen LogP) is 3.68. The second-order valence-electron chi connectivity index (χ2n) is 6.71. The lowest BCUT2D eigenvalue weighted by Gasteiger charge is -2.21. The number of hydrogen-bond donors (Lipinski definition) is 0. The molecule has 140 valence electrons. The first-order chi connectivity index (χ1) is 13.1. The number of carbonyl (C=O) groups is 3. The van der Waals surface area contributed by atoms with Crippen LogP contribution in [0.1, 0.15) is 48.8 Å². The smallest absolute Gasteiger partial charge is 0.261 e. The molecule has 2 aromatic rings. The topological polar surface area (TPSA) is 57.7 Å². The average Bonchev–Trinajstić information content (AvgIpc) is 3.10. The number of fused-ring (bicyclic) bond motifs is 2. The van der Waals surface area contributed by atoms with Crippen molar-refractivity contribution < 1.29 is 14.4 Å². The Kier molecular flexibility index (Phi) is 5.06. The van der Waals surface area contributed by atoms with E-state index in [-0.39, 0.29) is 17.7 Å². The van der Waals surface area contributed by atoms with E-state index in [1.165, 1.54) is 4.90 Å². The lowest BCUT2D eigenvalue weighted by Crippen LogP contribution is -2.34. The van der Waals surface area contributed by atoms with Crippen LogP contribution in [0.4, 0.5) is 0 Å². The number of imide groups is 1. The SMILES string of the molecule is Cc1cc2c(s1)SCCN(CCCCN1C(=O)c3ccccc3C1=O)C2=O. The highest BCUT2D eigenvalue weighted by atomic mass is 32.2. The number of thioether (sulfide) groups is 1. The normalized spacial score (nSPS) is 16.6. The fraction of sp³-hybridized carbons (Fsp3) is 0.350. The first kappa shape index (κ1) is 18.3. The molecule has 0 aliphatic carbocycles. The van der Waals surface area contributed by atoms with E-state index in [0.717, 1.165) is 33.4 Å². The monoisotopic (exact) mass is 400 g/mol. The van der Waals surface area contributed by atoms with Crippen molar-refractivity contribution in [3.8, 4) is 0 Å². The number of aryl methyl sites for hydroxylation is 1. The summed E-state index contributed by atoms with van der Waals surface area (Å²) in [5.41, 5.74) is 1.80. The molecule has 5 nitrogen and oxygen atoms in total. The highest BCUT2D eigenvalue weighted by Crippen LogP contribution is 2.34. The maximum atomic E-state index is 12.8. The van der Waals surface area contributed by atoms with Crippen LogP contribution in [0.5, 0.6) is 0 Å². The molecule has 7 heteroatoms. The molecular formula is C20H20N2O3S2. The molecule has 0 bridgehead atoms.